The molecule has 1 N–H and O–H groups in total. The molecule has 3 rings (SSSR count). The van der Waals surface area contributed by atoms with Gasteiger partial charge >= 0.3 is 0 Å². The van der Waals surface area contributed by atoms with E-state index in [0.717, 1.165) is 47.7 Å². The van der Waals surface area contributed by atoms with Crippen LogP contribution in [-0.2, 0) is 40.6 Å². The second-order valence-corrected chi connectivity index (χ2v) is 9.08. The fraction of sp³-hybridized carbons (Fsp3) is 0.273. The summed E-state index contributed by atoms with van der Waals surface area (Å²) in [6.45, 7) is 4.48. The Hall–Kier alpha value is -2.71. The van der Waals surface area contributed by atoms with Crippen molar-refractivity contribution in [2.45, 2.75) is 44.6 Å². The Morgan fingerprint density at radius 2 is 1.84 bits per heavy atom. The Kier molecular flexibility index (Phi) is 7.12. The summed E-state index contributed by atoms with van der Waals surface area (Å²) in [6.07, 6.45) is 2.70. The number of benzene rings is 2. The summed E-state index contributed by atoms with van der Waals surface area (Å²) in [6, 6.07) is 10.1. The van der Waals surface area contributed by atoms with Crippen LogP contribution in [0.15, 0.2) is 47.4 Å². The molecular weight excluding hydrogens is 441 g/mol. The van der Waals surface area contributed by atoms with Crippen molar-refractivity contribution in [3.63, 3.8) is 0 Å². The van der Waals surface area contributed by atoms with Gasteiger partial charge in [-0.25, -0.2) is 12.8 Å². The van der Waals surface area contributed by atoms with Gasteiger partial charge in [0, 0.05) is 17.7 Å². The summed E-state index contributed by atoms with van der Waals surface area (Å²) >= 11 is 5.64. The molecule has 2 aromatic carbocycles. The molecule has 0 atom stereocenters. The summed E-state index contributed by atoms with van der Waals surface area (Å²) < 4.78 is 43.0. The van der Waals surface area contributed by atoms with Crippen LogP contribution in [0.2, 0.25) is 5.02 Å². The predicted octanol–water partition coefficient (Wildman–Crippen LogP) is 4.39. The monoisotopic (exact) mass is 463 g/mol. The number of aromatic nitrogens is 2. The Balaban J connectivity index is 1.81. The van der Waals surface area contributed by atoms with Crippen LogP contribution >= 0.6 is 11.6 Å². The zero-order chi connectivity index (χ0) is 22.6. The second kappa shape index (κ2) is 9.62. The number of aryl methyl sites for hydroxylation is 1. The minimum atomic E-state index is -3.88. The van der Waals surface area contributed by atoms with Crippen molar-refractivity contribution < 1.29 is 17.6 Å². The molecule has 3 aromatic rings. The van der Waals surface area contributed by atoms with Gasteiger partial charge in [-0.2, -0.15) is 5.10 Å². The van der Waals surface area contributed by atoms with Crippen LogP contribution in [0.25, 0.3) is 0 Å². The number of aldehydes is 1. The van der Waals surface area contributed by atoms with E-state index >= 15 is 0 Å². The molecule has 1 heterocycles. The van der Waals surface area contributed by atoms with E-state index in [1.165, 1.54) is 24.3 Å². The second-order valence-electron chi connectivity index (χ2n) is 6.99. The summed E-state index contributed by atoms with van der Waals surface area (Å²) in [5.74, 6) is -0.705. The van der Waals surface area contributed by atoms with Gasteiger partial charge in [0.05, 0.1) is 27.8 Å². The summed E-state index contributed by atoms with van der Waals surface area (Å²) in [4.78, 5) is 11.1. The van der Waals surface area contributed by atoms with Gasteiger partial charge in [0.2, 0.25) is 0 Å². The van der Waals surface area contributed by atoms with Gasteiger partial charge in [-0.05, 0) is 48.7 Å². The van der Waals surface area contributed by atoms with Crippen LogP contribution in [0.5, 0.6) is 0 Å². The summed E-state index contributed by atoms with van der Waals surface area (Å²) in [5.41, 5.74) is 3.84. The van der Waals surface area contributed by atoms with Gasteiger partial charge < -0.3 is 4.79 Å². The highest BCUT2D eigenvalue weighted by Crippen LogP contribution is 2.23. The standard InChI is InChI=1S/C22H23ClFN3O3S/c1-3-21-18(11-12-28)22(4-2)27(25-21)14-15-5-8-17(9-6-15)31(29,30)26-16-7-10-19(23)20(24)13-16/h5-10,12-13,26H,3-4,11,14H2,1-2H3. The van der Waals surface area contributed by atoms with E-state index in [9.17, 15) is 17.6 Å². The fourth-order valence-electron chi connectivity index (χ4n) is 3.44. The van der Waals surface area contributed by atoms with Gasteiger partial charge in [0.1, 0.15) is 12.1 Å². The average molecular weight is 464 g/mol. The number of anilines is 1. The molecule has 6 nitrogen and oxygen atoms in total. The third-order valence-corrected chi connectivity index (χ3v) is 6.65. The maximum Gasteiger partial charge on any atom is 0.261 e. The maximum absolute atomic E-state index is 13.6. The number of carbonyl (C=O) groups is 1. The van der Waals surface area contributed by atoms with Crippen LogP contribution in [0.4, 0.5) is 10.1 Å². The molecule has 0 aliphatic heterocycles. The van der Waals surface area contributed by atoms with Crippen molar-refractivity contribution >= 4 is 33.6 Å². The minimum Gasteiger partial charge on any atom is -0.303 e. The summed E-state index contributed by atoms with van der Waals surface area (Å²) in [7, 11) is -3.88. The SMILES string of the molecule is CCc1nn(Cc2ccc(S(=O)(=O)Nc3ccc(Cl)c(F)c3)cc2)c(CC)c1CC=O. The Morgan fingerprint density at radius 3 is 2.42 bits per heavy atom. The highest BCUT2D eigenvalue weighted by molar-refractivity contribution is 7.92. The van der Waals surface area contributed by atoms with Gasteiger partial charge in [-0.1, -0.05) is 37.6 Å². The highest BCUT2D eigenvalue weighted by atomic mass is 35.5. The Bertz CT molecular complexity index is 1190. The van der Waals surface area contributed by atoms with Crippen molar-refractivity contribution in [1.29, 1.82) is 0 Å². The smallest absolute Gasteiger partial charge is 0.261 e. The number of hydrogen-bond acceptors (Lipinski definition) is 4. The minimum absolute atomic E-state index is 0.0543. The van der Waals surface area contributed by atoms with Crippen molar-refractivity contribution in [3.05, 3.63) is 75.8 Å². The molecule has 1 aromatic heterocycles. The number of nitrogens with one attached hydrogen (secondary N) is 1. The topological polar surface area (TPSA) is 81.1 Å². The van der Waals surface area contributed by atoms with Gasteiger partial charge in [0.25, 0.3) is 10.0 Å². The molecule has 0 radical (unpaired) electrons. The van der Waals surface area contributed by atoms with Crippen LogP contribution in [-0.4, -0.2) is 24.5 Å². The van der Waals surface area contributed by atoms with E-state index in [2.05, 4.69) is 9.82 Å². The predicted molar refractivity (Wildman–Crippen MR) is 119 cm³/mol. The van der Waals surface area contributed by atoms with Crippen LogP contribution in [0.3, 0.4) is 0 Å². The Labute approximate surface area is 186 Å². The third kappa shape index (κ3) is 5.14. The molecule has 0 saturated carbocycles. The normalized spacial score (nSPS) is 11.5. The van der Waals surface area contributed by atoms with Gasteiger partial charge in [-0.3, -0.25) is 9.40 Å². The van der Waals surface area contributed by atoms with E-state index in [1.807, 2.05) is 18.5 Å². The van der Waals surface area contributed by atoms with Crippen molar-refractivity contribution in [3.8, 4) is 0 Å². The van der Waals surface area contributed by atoms with E-state index in [1.54, 1.807) is 12.1 Å². The lowest BCUT2D eigenvalue weighted by Gasteiger charge is -2.10. The van der Waals surface area contributed by atoms with E-state index in [4.69, 9.17) is 11.6 Å². The molecule has 0 amide bonds. The quantitative estimate of drug-likeness (QED) is 0.477. The van der Waals surface area contributed by atoms with E-state index in [0.29, 0.717) is 13.0 Å². The first-order chi connectivity index (χ1) is 14.8. The number of rotatable bonds is 9. The number of nitrogens with zero attached hydrogens (tertiary/aromatic N) is 2. The number of halogens is 2. The molecule has 0 fully saturated rings. The van der Waals surface area contributed by atoms with Crippen molar-refractivity contribution in [2.24, 2.45) is 0 Å². The van der Waals surface area contributed by atoms with Crippen LogP contribution < -0.4 is 4.72 Å². The number of sulfonamides is 1. The van der Waals surface area contributed by atoms with E-state index < -0.39 is 15.8 Å². The first kappa shape index (κ1) is 23.0. The molecule has 31 heavy (non-hydrogen) atoms. The van der Waals surface area contributed by atoms with Gasteiger partial charge in [0.15, 0.2) is 0 Å². The molecule has 0 spiro atoms. The van der Waals surface area contributed by atoms with Crippen molar-refractivity contribution in [2.75, 3.05) is 4.72 Å². The molecule has 9 heteroatoms. The van der Waals surface area contributed by atoms with Crippen molar-refractivity contribution in [1.82, 2.24) is 9.78 Å². The lowest BCUT2D eigenvalue weighted by Crippen LogP contribution is -2.13. The lowest BCUT2D eigenvalue weighted by atomic mass is 10.1. The number of hydrogen-bond donors (Lipinski definition) is 1. The van der Waals surface area contributed by atoms with E-state index in [-0.39, 0.29) is 15.6 Å². The van der Waals surface area contributed by atoms with Gasteiger partial charge in [-0.15, -0.1) is 0 Å². The first-order valence-corrected chi connectivity index (χ1v) is 11.7. The fourth-order valence-corrected chi connectivity index (χ4v) is 4.61. The molecule has 0 aliphatic rings. The van der Waals surface area contributed by atoms with Crippen LogP contribution in [0.1, 0.15) is 36.4 Å². The largest absolute Gasteiger partial charge is 0.303 e. The average Bonchev–Trinajstić information content (AvgIpc) is 3.07. The molecule has 0 unspecified atom stereocenters. The maximum atomic E-state index is 13.6. The zero-order valence-electron chi connectivity index (χ0n) is 17.2. The number of carbonyl (C=O) groups excluding carboxylic acids is 1. The molecule has 0 bridgehead atoms. The third-order valence-electron chi connectivity index (χ3n) is 4.94. The molecule has 0 aliphatic carbocycles. The molecule has 164 valence electrons. The lowest BCUT2D eigenvalue weighted by molar-refractivity contribution is -0.107. The van der Waals surface area contributed by atoms with Crippen LogP contribution in [0, 0.1) is 5.82 Å². The summed E-state index contributed by atoms with van der Waals surface area (Å²) in [5, 5.41) is 4.55. The Morgan fingerprint density at radius 1 is 1.13 bits per heavy atom. The first-order valence-electron chi connectivity index (χ1n) is 9.86. The molecule has 0 saturated heterocycles. The molecular formula is C22H23ClFN3O3S. The highest BCUT2D eigenvalue weighted by Gasteiger charge is 2.17. The zero-order valence-corrected chi connectivity index (χ0v) is 18.8.